The Bertz CT molecular complexity index is 1170. The SMILES string of the molecule is CC(C)[Si](OC[C@@H]1CNc2ncnc(N(C)Cc3ccccc3)c2C=[N+]1S(=O)(=O)CCl)(C(C)C)C(C)C. The molecule has 0 fully saturated rings. The summed E-state index contributed by atoms with van der Waals surface area (Å²) in [7, 11) is -4.08. The molecule has 204 valence electrons. The summed E-state index contributed by atoms with van der Waals surface area (Å²) in [4.78, 5) is 10.9. The van der Waals surface area contributed by atoms with E-state index in [2.05, 4.69) is 56.8 Å². The molecule has 37 heavy (non-hydrogen) atoms. The lowest BCUT2D eigenvalue weighted by molar-refractivity contribution is -0.409. The van der Waals surface area contributed by atoms with Crippen LogP contribution in [0.15, 0.2) is 36.7 Å². The number of rotatable bonds is 11. The molecule has 1 aromatic heterocycles. The van der Waals surface area contributed by atoms with Crippen molar-refractivity contribution < 1.29 is 16.8 Å². The van der Waals surface area contributed by atoms with Gasteiger partial charge in [0.2, 0.25) is 14.4 Å². The van der Waals surface area contributed by atoms with Crippen LogP contribution in [0.5, 0.6) is 0 Å². The van der Waals surface area contributed by atoms with Crippen LogP contribution in [0.4, 0.5) is 11.6 Å². The third-order valence-electron chi connectivity index (χ3n) is 7.30. The molecule has 0 saturated carbocycles. The Morgan fingerprint density at radius 3 is 2.30 bits per heavy atom. The summed E-state index contributed by atoms with van der Waals surface area (Å²) in [6.07, 6.45) is 3.13. The maximum atomic E-state index is 13.3. The molecule has 1 aliphatic heterocycles. The second-order valence-electron chi connectivity index (χ2n) is 10.6. The quantitative estimate of drug-likeness (QED) is 0.231. The first-order valence-corrected chi connectivity index (χ1v) is 17.1. The van der Waals surface area contributed by atoms with Crippen LogP contribution in [0.3, 0.4) is 0 Å². The Hall–Kier alpha value is -2.01. The van der Waals surface area contributed by atoms with E-state index in [-0.39, 0.29) is 6.61 Å². The van der Waals surface area contributed by atoms with E-state index in [1.54, 1.807) is 6.21 Å². The maximum Gasteiger partial charge on any atom is 0.378 e. The van der Waals surface area contributed by atoms with Crippen molar-refractivity contribution >= 4 is 47.8 Å². The summed E-state index contributed by atoms with van der Waals surface area (Å²) in [6.45, 7) is 14.5. The molecular formula is C26H41ClN5O3SSi+. The van der Waals surface area contributed by atoms with E-state index in [0.29, 0.717) is 46.9 Å². The van der Waals surface area contributed by atoms with Gasteiger partial charge in [-0.2, -0.15) is 8.42 Å². The minimum atomic E-state index is -3.80. The molecule has 8 nitrogen and oxygen atoms in total. The Labute approximate surface area is 228 Å². The third-order valence-corrected chi connectivity index (χ3v) is 15.5. The highest BCUT2D eigenvalue weighted by atomic mass is 35.5. The molecule has 2 aromatic rings. The summed E-state index contributed by atoms with van der Waals surface area (Å²) in [5.74, 6) is 1.22. The molecule has 3 rings (SSSR count). The summed E-state index contributed by atoms with van der Waals surface area (Å²) in [6, 6.07) is 9.57. The zero-order chi connectivity index (χ0) is 27.4. The van der Waals surface area contributed by atoms with Crippen molar-refractivity contribution in [2.24, 2.45) is 0 Å². The molecular weight excluding hydrogens is 526 g/mol. The Kier molecular flexibility index (Phi) is 9.77. The van der Waals surface area contributed by atoms with Gasteiger partial charge >= 0.3 is 10.0 Å². The van der Waals surface area contributed by atoms with Gasteiger partial charge in [-0.1, -0.05) is 71.9 Å². The Morgan fingerprint density at radius 1 is 1.11 bits per heavy atom. The van der Waals surface area contributed by atoms with E-state index in [4.69, 9.17) is 16.0 Å². The van der Waals surface area contributed by atoms with Crippen LogP contribution in [-0.4, -0.2) is 68.4 Å². The predicted molar refractivity (Wildman–Crippen MR) is 155 cm³/mol. The van der Waals surface area contributed by atoms with Crippen molar-refractivity contribution in [1.29, 1.82) is 0 Å². The number of nitrogens with one attached hydrogen (secondary N) is 1. The second kappa shape index (κ2) is 12.2. The van der Waals surface area contributed by atoms with Crippen molar-refractivity contribution in [3.8, 4) is 0 Å². The molecule has 0 bridgehead atoms. The Balaban J connectivity index is 2.03. The first kappa shape index (κ1) is 29.5. The first-order chi connectivity index (χ1) is 17.4. The molecule has 1 atom stereocenters. The van der Waals surface area contributed by atoms with Crippen molar-refractivity contribution in [2.45, 2.75) is 70.8 Å². The molecule has 2 heterocycles. The summed E-state index contributed by atoms with van der Waals surface area (Å²) in [5.41, 5.74) is 2.88. The van der Waals surface area contributed by atoms with Gasteiger partial charge in [0.1, 0.15) is 23.5 Å². The number of anilines is 2. The number of nitrogens with zero attached hydrogens (tertiary/aromatic N) is 4. The van der Waals surface area contributed by atoms with E-state index in [9.17, 15) is 8.42 Å². The number of hydrogen-bond donors (Lipinski definition) is 1. The lowest BCUT2D eigenvalue weighted by atomic mass is 10.2. The van der Waals surface area contributed by atoms with Crippen LogP contribution in [0.25, 0.3) is 0 Å². The van der Waals surface area contributed by atoms with Crippen LogP contribution in [0.2, 0.25) is 16.6 Å². The topological polar surface area (TPSA) is 87.4 Å². The fourth-order valence-corrected chi connectivity index (χ4v) is 12.4. The van der Waals surface area contributed by atoms with E-state index < -0.39 is 29.6 Å². The highest BCUT2D eigenvalue weighted by Gasteiger charge is 2.47. The number of sulfonamides is 1. The monoisotopic (exact) mass is 566 g/mol. The molecule has 1 aromatic carbocycles. The molecule has 1 N–H and O–H groups in total. The maximum absolute atomic E-state index is 13.3. The molecule has 0 amide bonds. The number of fused-ring (bicyclic) bond motifs is 1. The number of halogens is 1. The minimum absolute atomic E-state index is 0.275. The van der Waals surface area contributed by atoms with Gasteiger partial charge < -0.3 is 14.6 Å². The summed E-state index contributed by atoms with van der Waals surface area (Å²) in [5, 5.41) is 2.83. The number of benzene rings is 1. The van der Waals surface area contributed by atoms with Crippen LogP contribution in [0, 0.1) is 0 Å². The molecule has 1 aliphatic rings. The summed E-state index contributed by atoms with van der Waals surface area (Å²) < 4.78 is 34.7. The van der Waals surface area contributed by atoms with E-state index >= 15 is 0 Å². The predicted octanol–water partition coefficient (Wildman–Crippen LogP) is 5.06. The van der Waals surface area contributed by atoms with Crippen molar-refractivity contribution in [2.75, 3.05) is 35.6 Å². The number of alkyl halides is 1. The average Bonchev–Trinajstić information content (AvgIpc) is 3.04. The molecule has 0 spiro atoms. The van der Waals surface area contributed by atoms with Gasteiger partial charge in [-0.25, -0.2) is 9.97 Å². The van der Waals surface area contributed by atoms with E-state index in [1.165, 1.54) is 10.3 Å². The fraction of sp³-hybridized carbons (Fsp3) is 0.577. The van der Waals surface area contributed by atoms with Crippen LogP contribution >= 0.6 is 11.6 Å². The van der Waals surface area contributed by atoms with Gasteiger partial charge in [0.05, 0.1) is 13.2 Å². The standard InChI is InChI=1S/C26H40ClN5O3SSi/c1-19(2)37(20(3)4,21(5)6)35-16-23-13-28-25-24(15-32(23)36(33,34)17-27)26(30-18-29-25)31(7)14-22-11-9-8-10-12-22/h8-12,15,18-21,23H,13-14,16-17H2,1-7H3/p+1/t23-/m0/s1. The van der Waals surface area contributed by atoms with Crippen LogP contribution in [-0.2, 0) is 21.0 Å². The smallest absolute Gasteiger partial charge is 0.378 e. The van der Waals surface area contributed by atoms with Gasteiger partial charge in [0.25, 0.3) is 0 Å². The molecule has 11 heteroatoms. The minimum Gasteiger partial charge on any atom is -0.409 e. The third kappa shape index (κ3) is 6.35. The van der Waals surface area contributed by atoms with Gasteiger partial charge in [0, 0.05) is 13.6 Å². The van der Waals surface area contributed by atoms with Crippen LogP contribution < -0.4 is 10.2 Å². The average molecular weight is 567 g/mol. The highest BCUT2D eigenvalue weighted by Crippen LogP contribution is 2.42. The zero-order valence-corrected chi connectivity index (χ0v) is 25.6. The van der Waals surface area contributed by atoms with Crippen molar-refractivity contribution in [1.82, 2.24) is 9.97 Å². The molecule has 0 unspecified atom stereocenters. The van der Waals surface area contributed by atoms with E-state index in [1.807, 2.05) is 42.3 Å². The molecule has 0 radical (unpaired) electrons. The van der Waals surface area contributed by atoms with Crippen molar-refractivity contribution in [3.63, 3.8) is 0 Å². The lowest BCUT2D eigenvalue weighted by Gasteiger charge is -2.42. The van der Waals surface area contributed by atoms with Gasteiger partial charge in [-0.3, -0.25) is 0 Å². The number of aromatic nitrogens is 2. The van der Waals surface area contributed by atoms with Gasteiger partial charge in [0.15, 0.2) is 11.4 Å². The van der Waals surface area contributed by atoms with Crippen LogP contribution in [0.1, 0.15) is 52.7 Å². The Morgan fingerprint density at radius 2 is 1.73 bits per heavy atom. The molecule has 0 aliphatic carbocycles. The normalized spacial score (nSPS) is 16.4. The highest BCUT2D eigenvalue weighted by molar-refractivity contribution is 7.86. The lowest BCUT2D eigenvalue weighted by Crippen LogP contribution is -2.51. The second-order valence-corrected chi connectivity index (χ2v) is 18.6. The largest absolute Gasteiger partial charge is 0.409 e. The van der Waals surface area contributed by atoms with Gasteiger partial charge in [-0.05, 0) is 22.2 Å². The summed E-state index contributed by atoms with van der Waals surface area (Å²) >= 11 is 5.98. The fourth-order valence-electron chi connectivity index (χ4n) is 5.66. The first-order valence-electron chi connectivity index (χ1n) is 12.8. The number of hydrogen-bond acceptors (Lipinski definition) is 7. The van der Waals surface area contributed by atoms with Gasteiger partial charge in [-0.15, -0.1) is 15.6 Å². The van der Waals surface area contributed by atoms with Crippen molar-refractivity contribution in [3.05, 3.63) is 47.8 Å². The van der Waals surface area contributed by atoms with E-state index in [0.717, 1.165) is 5.56 Å². The zero-order valence-electron chi connectivity index (χ0n) is 23.0. The molecule has 0 saturated heterocycles.